The van der Waals surface area contributed by atoms with Gasteiger partial charge in [0.2, 0.25) is 0 Å². The molecule has 0 aromatic carbocycles. The smallest absolute Gasteiger partial charge is 0.307 e. The van der Waals surface area contributed by atoms with Crippen molar-refractivity contribution in [3.8, 4) is 0 Å². The Balaban J connectivity index is 2.20. The van der Waals surface area contributed by atoms with E-state index in [0.29, 0.717) is 12.8 Å². The second-order valence-corrected chi connectivity index (χ2v) is 4.14. The molecule has 1 N–H and O–H groups in total. The van der Waals surface area contributed by atoms with Crippen LogP contribution in [-0.2, 0) is 24.1 Å². The number of nitrogens with zero attached hydrogens (tertiary/aromatic N) is 1. The monoisotopic (exact) mass is 205 g/mol. The molecule has 0 radical (unpaired) electrons. The zero-order valence-corrected chi connectivity index (χ0v) is 8.86. The van der Waals surface area contributed by atoms with Crippen molar-refractivity contribution in [3.63, 3.8) is 0 Å². The third-order valence-corrected chi connectivity index (χ3v) is 2.91. The van der Waals surface area contributed by atoms with E-state index in [1.165, 1.54) is 5.56 Å². The molecule has 0 fully saturated rings. The van der Waals surface area contributed by atoms with Gasteiger partial charge in [-0.1, -0.05) is 19.4 Å². The van der Waals surface area contributed by atoms with Gasteiger partial charge in [-0.15, -0.1) is 0 Å². The van der Waals surface area contributed by atoms with Gasteiger partial charge in [0.05, 0.1) is 5.92 Å². The van der Waals surface area contributed by atoms with Crippen LogP contribution in [0.3, 0.4) is 0 Å². The molecule has 1 aromatic rings. The van der Waals surface area contributed by atoms with Crippen LogP contribution in [0, 0.1) is 5.92 Å². The van der Waals surface area contributed by atoms with E-state index in [1.54, 1.807) is 0 Å². The predicted octanol–water partition coefficient (Wildman–Crippen LogP) is 1.83. The van der Waals surface area contributed by atoms with E-state index in [1.807, 2.05) is 6.20 Å². The van der Waals surface area contributed by atoms with Crippen LogP contribution >= 0.6 is 0 Å². The van der Waals surface area contributed by atoms with E-state index >= 15 is 0 Å². The molecule has 1 aliphatic carbocycles. The summed E-state index contributed by atoms with van der Waals surface area (Å²) in [7, 11) is 0. The molecule has 0 saturated heterocycles. The summed E-state index contributed by atoms with van der Waals surface area (Å²) in [5, 5.41) is 8.93. The first-order valence-corrected chi connectivity index (χ1v) is 5.40. The van der Waals surface area contributed by atoms with Crippen molar-refractivity contribution >= 4 is 5.97 Å². The lowest BCUT2D eigenvalue weighted by atomic mass is 10.1. The highest BCUT2D eigenvalue weighted by Crippen LogP contribution is 2.26. The molecular weight excluding hydrogens is 190 g/mol. The third kappa shape index (κ3) is 2.01. The highest BCUT2D eigenvalue weighted by Gasteiger charge is 2.27. The molecule has 3 nitrogen and oxygen atoms in total. The van der Waals surface area contributed by atoms with Gasteiger partial charge in [0.1, 0.15) is 0 Å². The number of rotatable bonds is 3. The molecule has 3 heteroatoms. The van der Waals surface area contributed by atoms with Gasteiger partial charge in [-0.05, 0) is 24.0 Å². The zero-order valence-electron chi connectivity index (χ0n) is 8.86. The summed E-state index contributed by atoms with van der Waals surface area (Å²) >= 11 is 0. The Hall–Kier alpha value is -1.38. The van der Waals surface area contributed by atoms with Gasteiger partial charge in [-0.25, -0.2) is 0 Å². The maximum atomic E-state index is 10.9. The fourth-order valence-electron chi connectivity index (χ4n) is 2.12. The number of carboxylic acid groups (broad SMARTS) is 1. The summed E-state index contributed by atoms with van der Waals surface area (Å²) < 4.78 is 0. The number of aliphatic carboxylic acids is 1. The van der Waals surface area contributed by atoms with Gasteiger partial charge >= 0.3 is 5.97 Å². The van der Waals surface area contributed by atoms with Crippen LogP contribution in [0.25, 0.3) is 0 Å². The number of pyridine rings is 1. The van der Waals surface area contributed by atoms with Crippen molar-refractivity contribution < 1.29 is 9.90 Å². The van der Waals surface area contributed by atoms with Crippen LogP contribution in [0.2, 0.25) is 0 Å². The summed E-state index contributed by atoms with van der Waals surface area (Å²) in [5.41, 5.74) is 3.33. The van der Waals surface area contributed by atoms with E-state index in [0.717, 1.165) is 24.1 Å². The van der Waals surface area contributed by atoms with Gasteiger partial charge in [-0.3, -0.25) is 9.78 Å². The molecule has 1 atom stereocenters. The summed E-state index contributed by atoms with van der Waals surface area (Å²) in [6.07, 6.45) is 5.25. The molecule has 0 aliphatic heterocycles. The second-order valence-electron chi connectivity index (χ2n) is 4.14. The standard InChI is InChI=1S/C12H15NO2/c1-2-3-8-4-9-5-10(12(14)15)6-11(9)13-7-8/h4,7,10H,2-3,5-6H2,1H3,(H,14,15). The topological polar surface area (TPSA) is 50.2 Å². The average Bonchev–Trinajstić information content (AvgIpc) is 2.61. The molecule has 0 bridgehead atoms. The Morgan fingerprint density at radius 3 is 3.07 bits per heavy atom. The normalized spacial score (nSPS) is 18.9. The number of hydrogen-bond acceptors (Lipinski definition) is 2. The Bertz CT molecular complexity index is 387. The minimum absolute atomic E-state index is 0.260. The van der Waals surface area contributed by atoms with Gasteiger partial charge in [0.15, 0.2) is 0 Å². The quantitative estimate of drug-likeness (QED) is 0.819. The predicted molar refractivity (Wildman–Crippen MR) is 56.8 cm³/mol. The largest absolute Gasteiger partial charge is 0.481 e. The fourth-order valence-corrected chi connectivity index (χ4v) is 2.12. The van der Waals surface area contributed by atoms with E-state index in [2.05, 4.69) is 18.0 Å². The van der Waals surface area contributed by atoms with Gasteiger partial charge in [0, 0.05) is 18.3 Å². The van der Waals surface area contributed by atoms with E-state index in [4.69, 9.17) is 5.11 Å². The lowest BCUT2D eigenvalue weighted by Gasteiger charge is -2.01. The molecular formula is C12H15NO2. The molecule has 0 spiro atoms. The van der Waals surface area contributed by atoms with Crippen LogP contribution in [0.5, 0.6) is 0 Å². The number of aromatic nitrogens is 1. The Kier molecular flexibility index (Phi) is 2.71. The molecule has 0 saturated carbocycles. The number of carboxylic acids is 1. The highest BCUT2D eigenvalue weighted by atomic mass is 16.4. The van der Waals surface area contributed by atoms with Crippen molar-refractivity contribution in [3.05, 3.63) is 29.1 Å². The summed E-state index contributed by atoms with van der Waals surface area (Å²) in [6.45, 7) is 2.13. The third-order valence-electron chi connectivity index (χ3n) is 2.91. The second kappa shape index (κ2) is 4.01. The lowest BCUT2D eigenvalue weighted by Crippen LogP contribution is -2.13. The first kappa shape index (κ1) is 10.1. The Labute approximate surface area is 89.2 Å². The molecule has 15 heavy (non-hydrogen) atoms. The molecule has 1 heterocycles. The molecule has 0 amide bonds. The van der Waals surface area contributed by atoms with Crippen molar-refractivity contribution in [2.75, 3.05) is 0 Å². The minimum Gasteiger partial charge on any atom is -0.481 e. The maximum absolute atomic E-state index is 10.9. The number of aryl methyl sites for hydroxylation is 1. The van der Waals surface area contributed by atoms with Crippen LogP contribution in [0.1, 0.15) is 30.2 Å². The van der Waals surface area contributed by atoms with Gasteiger partial charge in [0.25, 0.3) is 0 Å². The summed E-state index contributed by atoms with van der Waals surface area (Å²) in [5.74, 6) is -0.964. The Morgan fingerprint density at radius 1 is 1.60 bits per heavy atom. The highest BCUT2D eigenvalue weighted by molar-refractivity contribution is 5.72. The van der Waals surface area contributed by atoms with Crippen LogP contribution in [0.15, 0.2) is 12.3 Å². The van der Waals surface area contributed by atoms with Crippen molar-refractivity contribution in [1.29, 1.82) is 0 Å². The van der Waals surface area contributed by atoms with E-state index < -0.39 is 5.97 Å². The SMILES string of the molecule is CCCc1cnc2c(c1)CC(C(=O)O)C2. The van der Waals surface area contributed by atoms with Gasteiger partial charge < -0.3 is 5.11 Å². The molecule has 1 aromatic heterocycles. The molecule has 1 aliphatic rings. The first-order valence-electron chi connectivity index (χ1n) is 5.40. The zero-order chi connectivity index (χ0) is 10.8. The van der Waals surface area contributed by atoms with Crippen LogP contribution < -0.4 is 0 Å². The van der Waals surface area contributed by atoms with Gasteiger partial charge in [-0.2, -0.15) is 0 Å². The average molecular weight is 205 g/mol. The van der Waals surface area contributed by atoms with Crippen LogP contribution in [-0.4, -0.2) is 16.1 Å². The fraction of sp³-hybridized carbons (Fsp3) is 0.500. The molecule has 2 rings (SSSR count). The number of fused-ring (bicyclic) bond motifs is 1. The van der Waals surface area contributed by atoms with E-state index in [9.17, 15) is 4.79 Å². The summed E-state index contributed by atoms with van der Waals surface area (Å²) in [4.78, 5) is 15.2. The Morgan fingerprint density at radius 2 is 2.40 bits per heavy atom. The summed E-state index contributed by atoms with van der Waals surface area (Å²) in [6, 6.07) is 2.12. The van der Waals surface area contributed by atoms with Crippen LogP contribution in [0.4, 0.5) is 0 Å². The molecule has 1 unspecified atom stereocenters. The van der Waals surface area contributed by atoms with Crippen molar-refractivity contribution in [2.24, 2.45) is 5.92 Å². The van der Waals surface area contributed by atoms with E-state index in [-0.39, 0.29) is 5.92 Å². The first-order chi connectivity index (χ1) is 7.20. The van der Waals surface area contributed by atoms with Crippen molar-refractivity contribution in [1.82, 2.24) is 4.98 Å². The maximum Gasteiger partial charge on any atom is 0.307 e. The number of hydrogen-bond donors (Lipinski definition) is 1. The minimum atomic E-state index is -0.704. The van der Waals surface area contributed by atoms with Crippen molar-refractivity contribution in [2.45, 2.75) is 32.6 Å². The number of carbonyl (C=O) groups is 1. The molecule has 80 valence electrons. The lowest BCUT2D eigenvalue weighted by molar-refractivity contribution is -0.141.